The molecule has 1 aliphatic heterocycles. The van der Waals surface area contributed by atoms with Gasteiger partial charge in [0.1, 0.15) is 17.9 Å². The van der Waals surface area contributed by atoms with Gasteiger partial charge in [-0.1, -0.05) is 42.5 Å². The largest absolute Gasteiger partial charge is 0.312 e. The van der Waals surface area contributed by atoms with Crippen LogP contribution in [0.5, 0.6) is 0 Å². The van der Waals surface area contributed by atoms with Gasteiger partial charge < -0.3 is 4.90 Å². The predicted molar refractivity (Wildman–Crippen MR) is 112 cm³/mol. The number of benzene rings is 2. The second-order valence-electron chi connectivity index (χ2n) is 6.90. The van der Waals surface area contributed by atoms with Crippen LogP contribution in [0.15, 0.2) is 59.5 Å². The Morgan fingerprint density at radius 1 is 1.17 bits per heavy atom. The molecule has 0 N–H and O–H groups in total. The first-order valence-corrected chi connectivity index (χ1v) is 10.2. The van der Waals surface area contributed by atoms with Gasteiger partial charge in [-0.2, -0.15) is 5.10 Å². The molecule has 8 heteroatoms. The summed E-state index contributed by atoms with van der Waals surface area (Å²) in [5.74, 6) is 0.594. The molecule has 0 bridgehead atoms. The number of aromatic nitrogens is 2. The standard InChI is InChI=1S/C21H20N4O3S/c1-14-21(25(27)28)15(2)23(22-14)12-20(26)24-17-10-6-7-11-19(17)29-13-18(24)16-8-4-3-5-9-16/h3-11,18H,12-13H2,1-2H3/t18-/m1/s1. The zero-order valence-electron chi connectivity index (χ0n) is 16.1. The molecule has 4 rings (SSSR count). The minimum absolute atomic E-state index is 0.0352. The van der Waals surface area contributed by atoms with Crippen molar-refractivity contribution in [1.29, 1.82) is 0 Å². The molecule has 1 atom stereocenters. The summed E-state index contributed by atoms with van der Waals surface area (Å²) in [6.07, 6.45) is 0. The highest BCUT2D eigenvalue weighted by Crippen LogP contribution is 2.43. The second kappa shape index (κ2) is 7.71. The Morgan fingerprint density at radius 3 is 2.55 bits per heavy atom. The Hall–Kier alpha value is -3.13. The van der Waals surface area contributed by atoms with Gasteiger partial charge in [0.25, 0.3) is 0 Å². The molecule has 29 heavy (non-hydrogen) atoms. The van der Waals surface area contributed by atoms with Gasteiger partial charge in [-0.3, -0.25) is 19.6 Å². The monoisotopic (exact) mass is 408 g/mol. The molecule has 0 spiro atoms. The molecule has 148 valence electrons. The highest BCUT2D eigenvalue weighted by Gasteiger charge is 2.33. The smallest absolute Gasteiger partial charge is 0.301 e. The van der Waals surface area contributed by atoms with E-state index in [4.69, 9.17) is 0 Å². The number of rotatable bonds is 4. The van der Waals surface area contributed by atoms with Gasteiger partial charge in [-0.15, -0.1) is 11.8 Å². The molecule has 2 heterocycles. The van der Waals surface area contributed by atoms with Crippen molar-refractivity contribution in [3.05, 3.63) is 81.7 Å². The maximum atomic E-state index is 13.4. The molecule has 0 fully saturated rings. The van der Waals surface area contributed by atoms with Gasteiger partial charge in [0, 0.05) is 10.6 Å². The third-order valence-corrected chi connectivity index (χ3v) is 6.24. The SMILES string of the molecule is Cc1nn(CC(=O)N2c3ccccc3SC[C@@H]2c2ccccc2)c(C)c1[N+](=O)[O-]. The highest BCUT2D eigenvalue weighted by atomic mass is 32.2. The van der Waals surface area contributed by atoms with Crippen molar-refractivity contribution in [3.63, 3.8) is 0 Å². The maximum Gasteiger partial charge on any atom is 0.312 e. The number of carbonyl (C=O) groups excluding carboxylic acids is 1. The zero-order chi connectivity index (χ0) is 20.5. The van der Waals surface area contributed by atoms with Crippen molar-refractivity contribution in [2.45, 2.75) is 31.3 Å². The fourth-order valence-electron chi connectivity index (χ4n) is 3.73. The van der Waals surface area contributed by atoms with E-state index in [9.17, 15) is 14.9 Å². The van der Waals surface area contributed by atoms with Crippen LogP contribution in [0.4, 0.5) is 11.4 Å². The molecule has 7 nitrogen and oxygen atoms in total. The lowest BCUT2D eigenvalue weighted by molar-refractivity contribution is -0.386. The number of nitro groups is 1. The van der Waals surface area contributed by atoms with E-state index < -0.39 is 4.92 Å². The number of para-hydroxylation sites is 1. The minimum Gasteiger partial charge on any atom is -0.301 e. The van der Waals surface area contributed by atoms with Crippen molar-refractivity contribution in [2.75, 3.05) is 10.7 Å². The van der Waals surface area contributed by atoms with Gasteiger partial charge in [-0.05, 0) is 31.5 Å². The van der Waals surface area contributed by atoms with Crippen LogP contribution in [0.1, 0.15) is 23.0 Å². The van der Waals surface area contributed by atoms with Crippen LogP contribution in [0.3, 0.4) is 0 Å². The summed E-state index contributed by atoms with van der Waals surface area (Å²) in [5, 5.41) is 15.5. The molecule has 1 aliphatic rings. The van der Waals surface area contributed by atoms with E-state index >= 15 is 0 Å². The Balaban J connectivity index is 1.72. The number of thioether (sulfide) groups is 1. The fourth-order valence-corrected chi connectivity index (χ4v) is 4.90. The molecule has 0 saturated carbocycles. The fraction of sp³-hybridized carbons (Fsp3) is 0.238. The van der Waals surface area contributed by atoms with Crippen molar-refractivity contribution >= 4 is 29.0 Å². The molecular weight excluding hydrogens is 388 g/mol. The van der Waals surface area contributed by atoms with Crippen molar-refractivity contribution in [3.8, 4) is 0 Å². The van der Waals surface area contributed by atoms with E-state index in [0.29, 0.717) is 11.4 Å². The summed E-state index contributed by atoms with van der Waals surface area (Å²) >= 11 is 1.73. The summed E-state index contributed by atoms with van der Waals surface area (Å²) in [6.45, 7) is 3.16. The molecule has 0 radical (unpaired) electrons. The normalized spacial score (nSPS) is 15.8. The van der Waals surface area contributed by atoms with E-state index in [-0.39, 0.29) is 24.2 Å². The average Bonchev–Trinajstić information content (AvgIpc) is 3.00. The summed E-state index contributed by atoms with van der Waals surface area (Å²) in [7, 11) is 0. The molecular formula is C21H20N4O3S. The Bertz CT molecular complexity index is 1080. The zero-order valence-corrected chi connectivity index (χ0v) is 16.9. The van der Waals surface area contributed by atoms with E-state index in [0.717, 1.165) is 21.9 Å². The third kappa shape index (κ3) is 3.51. The average molecular weight is 408 g/mol. The molecule has 0 unspecified atom stereocenters. The number of amides is 1. The van der Waals surface area contributed by atoms with Crippen molar-refractivity contribution in [1.82, 2.24) is 9.78 Å². The Morgan fingerprint density at radius 2 is 1.86 bits per heavy atom. The van der Waals surface area contributed by atoms with Crippen LogP contribution in [0.25, 0.3) is 0 Å². The van der Waals surface area contributed by atoms with Crippen LogP contribution in [0.2, 0.25) is 0 Å². The lowest BCUT2D eigenvalue weighted by atomic mass is 10.1. The van der Waals surface area contributed by atoms with Crippen LogP contribution in [-0.2, 0) is 11.3 Å². The number of aryl methyl sites for hydroxylation is 1. The molecule has 3 aromatic rings. The highest BCUT2D eigenvalue weighted by molar-refractivity contribution is 7.99. The third-order valence-electron chi connectivity index (χ3n) is 5.10. The van der Waals surface area contributed by atoms with Gasteiger partial charge in [0.05, 0.1) is 16.7 Å². The number of hydrogen-bond donors (Lipinski definition) is 0. The van der Waals surface area contributed by atoms with Crippen LogP contribution in [0, 0.1) is 24.0 Å². The van der Waals surface area contributed by atoms with Crippen LogP contribution < -0.4 is 4.90 Å². The minimum atomic E-state index is -0.446. The van der Waals surface area contributed by atoms with E-state index in [1.807, 2.05) is 59.5 Å². The summed E-state index contributed by atoms with van der Waals surface area (Å²) in [4.78, 5) is 27.2. The van der Waals surface area contributed by atoms with E-state index in [1.165, 1.54) is 4.68 Å². The van der Waals surface area contributed by atoms with E-state index in [1.54, 1.807) is 25.6 Å². The Labute approximate surface area is 172 Å². The molecule has 1 amide bonds. The maximum absolute atomic E-state index is 13.4. The molecule has 1 aromatic heterocycles. The second-order valence-corrected chi connectivity index (χ2v) is 7.96. The van der Waals surface area contributed by atoms with Gasteiger partial charge in [0.15, 0.2) is 0 Å². The number of hydrogen-bond acceptors (Lipinski definition) is 5. The quantitative estimate of drug-likeness (QED) is 0.475. The van der Waals surface area contributed by atoms with Crippen LogP contribution >= 0.6 is 11.8 Å². The van der Waals surface area contributed by atoms with Gasteiger partial charge >= 0.3 is 5.69 Å². The molecule has 0 saturated heterocycles. The lowest BCUT2D eigenvalue weighted by Gasteiger charge is -2.37. The lowest BCUT2D eigenvalue weighted by Crippen LogP contribution is -2.40. The Kier molecular flexibility index (Phi) is 5.10. The van der Waals surface area contributed by atoms with Crippen molar-refractivity contribution in [2.24, 2.45) is 0 Å². The number of nitrogens with zero attached hydrogens (tertiary/aromatic N) is 4. The topological polar surface area (TPSA) is 81.3 Å². The first kappa shape index (κ1) is 19.2. The van der Waals surface area contributed by atoms with E-state index in [2.05, 4.69) is 5.10 Å². The first-order valence-electron chi connectivity index (χ1n) is 9.24. The predicted octanol–water partition coefficient (Wildman–Crippen LogP) is 4.29. The summed E-state index contributed by atoms with van der Waals surface area (Å²) in [5.41, 5.74) is 2.58. The molecule has 2 aromatic carbocycles. The first-order chi connectivity index (χ1) is 14.0. The van der Waals surface area contributed by atoms with Crippen LogP contribution in [-0.4, -0.2) is 26.4 Å². The number of anilines is 1. The summed E-state index contributed by atoms with van der Waals surface area (Å²) < 4.78 is 1.43. The number of fused-ring (bicyclic) bond motifs is 1. The number of carbonyl (C=O) groups is 1. The summed E-state index contributed by atoms with van der Waals surface area (Å²) in [6, 6.07) is 17.6. The van der Waals surface area contributed by atoms with Gasteiger partial charge in [0.2, 0.25) is 5.91 Å². The van der Waals surface area contributed by atoms with Crippen molar-refractivity contribution < 1.29 is 9.72 Å². The molecule has 0 aliphatic carbocycles. The van der Waals surface area contributed by atoms with Gasteiger partial charge in [-0.25, -0.2) is 0 Å².